The highest BCUT2D eigenvalue weighted by atomic mass is 35.5. The van der Waals surface area contributed by atoms with Crippen molar-refractivity contribution < 1.29 is 23.5 Å². The van der Waals surface area contributed by atoms with Gasteiger partial charge in [0.25, 0.3) is 5.91 Å². The van der Waals surface area contributed by atoms with Crippen LogP contribution in [0.25, 0.3) is 6.08 Å². The molecular formula is C18H13ClFNO4. The number of allylic oxidation sites excluding steroid dienone is 1. The van der Waals surface area contributed by atoms with E-state index < -0.39 is 11.7 Å². The van der Waals surface area contributed by atoms with Crippen LogP contribution >= 0.6 is 11.6 Å². The summed E-state index contributed by atoms with van der Waals surface area (Å²) in [7, 11) is 0. The Balaban J connectivity index is 1.97. The van der Waals surface area contributed by atoms with Gasteiger partial charge in [0.05, 0.1) is 10.6 Å². The van der Waals surface area contributed by atoms with Crippen LogP contribution in [0.4, 0.5) is 4.39 Å². The van der Waals surface area contributed by atoms with E-state index in [1.165, 1.54) is 30.3 Å². The van der Waals surface area contributed by atoms with Gasteiger partial charge in [-0.1, -0.05) is 17.7 Å². The maximum Gasteiger partial charge on any atom is 0.255 e. The number of halogens is 2. The van der Waals surface area contributed by atoms with Gasteiger partial charge in [-0.2, -0.15) is 0 Å². The highest BCUT2D eigenvalue weighted by Gasteiger charge is 2.30. The van der Waals surface area contributed by atoms with Gasteiger partial charge in [0, 0.05) is 11.1 Å². The molecule has 0 bridgehead atoms. The number of nitrogens with two attached hydrogens (primary N) is 1. The Hall–Kier alpha value is -2.86. The molecule has 0 saturated heterocycles. The zero-order valence-electron chi connectivity index (χ0n) is 13.1. The number of amides is 1. The molecule has 0 unspecified atom stereocenters. The van der Waals surface area contributed by atoms with Gasteiger partial charge in [0.15, 0.2) is 12.4 Å². The minimum Gasteiger partial charge on any atom is -0.483 e. The zero-order chi connectivity index (χ0) is 18.1. The van der Waals surface area contributed by atoms with Gasteiger partial charge in [-0.15, -0.1) is 0 Å². The summed E-state index contributed by atoms with van der Waals surface area (Å²) in [6.45, 7) is 1.39. The molecule has 25 heavy (non-hydrogen) atoms. The molecule has 2 aromatic carbocycles. The molecule has 2 N–H and O–H groups in total. The molecule has 7 heteroatoms. The largest absolute Gasteiger partial charge is 0.483 e. The molecular weight excluding hydrogens is 349 g/mol. The third kappa shape index (κ3) is 3.21. The van der Waals surface area contributed by atoms with Crippen molar-refractivity contribution in [3.8, 4) is 11.5 Å². The molecule has 0 fully saturated rings. The van der Waals surface area contributed by atoms with Gasteiger partial charge in [0.2, 0.25) is 5.78 Å². The Morgan fingerprint density at radius 2 is 2.12 bits per heavy atom. The Kier molecular flexibility index (Phi) is 4.46. The first kappa shape index (κ1) is 17.0. The Morgan fingerprint density at radius 3 is 2.80 bits per heavy atom. The minimum absolute atomic E-state index is 0.0443. The van der Waals surface area contributed by atoms with E-state index >= 15 is 0 Å². The standard InChI is InChI=1S/C18H13ClFNO4/c1-9-14(24-8-16(21)22)6-5-10-17(23)15(25-18(9)10)7-11-12(19)3-2-4-13(11)20/h2-7H,8H2,1H3,(H2,21,22)/b15-7-. The van der Waals surface area contributed by atoms with Gasteiger partial charge in [-0.05, 0) is 37.3 Å². The molecule has 128 valence electrons. The summed E-state index contributed by atoms with van der Waals surface area (Å²) >= 11 is 5.98. The lowest BCUT2D eigenvalue weighted by molar-refractivity contribution is -0.119. The zero-order valence-corrected chi connectivity index (χ0v) is 13.9. The average molecular weight is 362 g/mol. The SMILES string of the molecule is Cc1c(OCC(N)=O)ccc2c1O/C(=C\c1c(F)cccc1Cl)C2=O. The summed E-state index contributed by atoms with van der Waals surface area (Å²) in [5.41, 5.74) is 5.99. The number of fused-ring (bicyclic) bond motifs is 1. The van der Waals surface area contributed by atoms with E-state index in [0.717, 1.165) is 0 Å². The number of ketones is 1. The molecule has 0 aromatic heterocycles. The van der Waals surface area contributed by atoms with Gasteiger partial charge in [0.1, 0.15) is 17.3 Å². The average Bonchev–Trinajstić information content (AvgIpc) is 2.87. The van der Waals surface area contributed by atoms with Gasteiger partial charge in [-0.3, -0.25) is 9.59 Å². The van der Waals surface area contributed by atoms with Crippen LogP contribution < -0.4 is 15.2 Å². The number of hydrogen-bond acceptors (Lipinski definition) is 4. The summed E-state index contributed by atoms with van der Waals surface area (Å²) in [5, 5.41) is 0.169. The number of Topliss-reactive ketones (excluding diaryl/α,β-unsaturated/α-hetero) is 1. The fourth-order valence-electron chi connectivity index (χ4n) is 2.45. The summed E-state index contributed by atoms with van der Waals surface area (Å²) in [6, 6.07) is 7.30. The Bertz CT molecular complexity index is 903. The fourth-order valence-corrected chi connectivity index (χ4v) is 2.67. The Labute approximate surface area is 147 Å². The molecule has 1 heterocycles. The number of primary amides is 1. The quantitative estimate of drug-likeness (QED) is 0.848. The van der Waals surface area contributed by atoms with Crippen LogP contribution in [0.2, 0.25) is 5.02 Å². The number of benzene rings is 2. The van der Waals surface area contributed by atoms with E-state index in [4.69, 9.17) is 26.8 Å². The second kappa shape index (κ2) is 6.57. The van der Waals surface area contributed by atoms with E-state index in [9.17, 15) is 14.0 Å². The van der Waals surface area contributed by atoms with Crippen LogP contribution in [0.15, 0.2) is 36.1 Å². The summed E-state index contributed by atoms with van der Waals surface area (Å²) in [6.07, 6.45) is 1.27. The first-order valence-electron chi connectivity index (χ1n) is 7.31. The van der Waals surface area contributed by atoms with Crippen LogP contribution in [0, 0.1) is 12.7 Å². The van der Waals surface area contributed by atoms with Crippen molar-refractivity contribution in [2.45, 2.75) is 6.92 Å². The normalized spacial score (nSPS) is 14.4. The smallest absolute Gasteiger partial charge is 0.255 e. The van der Waals surface area contributed by atoms with E-state index in [2.05, 4.69) is 0 Å². The first-order chi connectivity index (χ1) is 11.9. The van der Waals surface area contributed by atoms with Crippen LogP contribution in [0.5, 0.6) is 11.5 Å². The van der Waals surface area contributed by atoms with Crippen molar-refractivity contribution >= 4 is 29.4 Å². The minimum atomic E-state index is -0.619. The summed E-state index contributed by atoms with van der Waals surface area (Å²) < 4.78 is 24.8. The molecule has 1 aliphatic heterocycles. The van der Waals surface area contributed by atoms with Crippen molar-refractivity contribution in [3.05, 3.63) is 63.6 Å². The number of carbonyl (C=O) groups is 2. The van der Waals surface area contributed by atoms with Crippen molar-refractivity contribution in [2.24, 2.45) is 5.73 Å². The van der Waals surface area contributed by atoms with Crippen LogP contribution in [0.1, 0.15) is 21.5 Å². The lowest BCUT2D eigenvalue weighted by Crippen LogP contribution is -2.20. The molecule has 0 saturated carbocycles. The highest BCUT2D eigenvalue weighted by molar-refractivity contribution is 6.32. The van der Waals surface area contributed by atoms with E-state index in [-0.39, 0.29) is 28.7 Å². The van der Waals surface area contributed by atoms with Crippen molar-refractivity contribution in [1.82, 2.24) is 0 Å². The number of hydrogen-bond donors (Lipinski definition) is 1. The van der Waals surface area contributed by atoms with Crippen LogP contribution in [0.3, 0.4) is 0 Å². The van der Waals surface area contributed by atoms with Crippen molar-refractivity contribution in [1.29, 1.82) is 0 Å². The van der Waals surface area contributed by atoms with Crippen LogP contribution in [-0.4, -0.2) is 18.3 Å². The molecule has 1 aliphatic rings. The van der Waals surface area contributed by atoms with Crippen LogP contribution in [-0.2, 0) is 4.79 Å². The molecule has 2 aromatic rings. The van der Waals surface area contributed by atoms with E-state index in [1.54, 1.807) is 13.0 Å². The Morgan fingerprint density at radius 1 is 1.36 bits per heavy atom. The second-order valence-electron chi connectivity index (χ2n) is 5.40. The highest BCUT2D eigenvalue weighted by Crippen LogP contribution is 2.39. The second-order valence-corrected chi connectivity index (χ2v) is 5.80. The van der Waals surface area contributed by atoms with E-state index in [0.29, 0.717) is 22.6 Å². The molecule has 5 nitrogen and oxygen atoms in total. The number of ether oxygens (including phenoxy) is 2. The third-order valence-corrected chi connectivity index (χ3v) is 4.01. The number of carbonyl (C=O) groups excluding carboxylic acids is 2. The predicted octanol–water partition coefficient (Wildman–Crippen LogP) is 3.27. The lowest BCUT2D eigenvalue weighted by atomic mass is 10.1. The first-order valence-corrected chi connectivity index (χ1v) is 7.69. The predicted molar refractivity (Wildman–Crippen MR) is 90.2 cm³/mol. The van der Waals surface area contributed by atoms with Crippen molar-refractivity contribution in [3.63, 3.8) is 0 Å². The summed E-state index contributed by atoms with van der Waals surface area (Å²) in [5.74, 6) is -0.946. The van der Waals surface area contributed by atoms with Crippen molar-refractivity contribution in [2.75, 3.05) is 6.61 Å². The molecule has 3 rings (SSSR count). The van der Waals surface area contributed by atoms with E-state index in [1.807, 2.05) is 0 Å². The fraction of sp³-hybridized carbons (Fsp3) is 0.111. The lowest BCUT2D eigenvalue weighted by Gasteiger charge is -2.10. The molecule has 0 radical (unpaired) electrons. The monoisotopic (exact) mass is 361 g/mol. The molecule has 1 amide bonds. The number of rotatable bonds is 4. The molecule has 0 aliphatic carbocycles. The van der Waals surface area contributed by atoms with Gasteiger partial charge >= 0.3 is 0 Å². The molecule has 0 spiro atoms. The summed E-state index contributed by atoms with van der Waals surface area (Å²) in [4.78, 5) is 23.3. The van der Waals surface area contributed by atoms with Gasteiger partial charge < -0.3 is 15.2 Å². The topological polar surface area (TPSA) is 78.6 Å². The molecule has 0 atom stereocenters. The maximum absolute atomic E-state index is 13.9. The van der Waals surface area contributed by atoms with Gasteiger partial charge in [-0.25, -0.2) is 4.39 Å². The maximum atomic E-state index is 13.9. The third-order valence-electron chi connectivity index (χ3n) is 3.68.